The summed E-state index contributed by atoms with van der Waals surface area (Å²) in [7, 11) is 0. The van der Waals surface area contributed by atoms with Gasteiger partial charge in [-0.15, -0.1) is 0 Å². The van der Waals surface area contributed by atoms with Gasteiger partial charge in [0.2, 0.25) is 5.91 Å². The number of carbonyl (C=O) groups is 1. The number of hydrogen-bond donors (Lipinski definition) is 1. The molecule has 5 nitrogen and oxygen atoms in total. The van der Waals surface area contributed by atoms with Crippen LogP contribution in [0, 0.1) is 0 Å². The summed E-state index contributed by atoms with van der Waals surface area (Å²) in [6, 6.07) is 32.4. The van der Waals surface area contributed by atoms with E-state index in [1.54, 1.807) is 0 Å². The van der Waals surface area contributed by atoms with Crippen molar-refractivity contribution in [2.75, 3.05) is 6.61 Å². The van der Waals surface area contributed by atoms with E-state index in [2.05, 4.69) is 34.1 Å². The van der Waals surface area contributed by atoms with Gasteiger partial charge in [-0.05, 0) is 35.6 Å². The fourth-order valence-corrected chi connectivity index (χ4v) is 4.25. The van der Waals surface area contributed by atoms with E-state index in [4.69, 9.17) is 9.72 Å². The minimum Gasteiger partial charge on any atom is -0.491 e. The number of hydrogen-bond acceptors (Lipinski definition) is 3. The van der Waals surface area contributed by atoms with E-state index in [1.165, 1.54) is 0 Å². The number of aryl methyl sites for hydroxylation is 1. The summed E-state index contributed by atoms with van der Waals surface area (Å²) in [6.07, 6.45) is 1.18. The lowest BCUT2D eigenvalue weighted by Gasteiger charge is -2.13. The van der Waals surface area contributed by atoms with E-state index < -0.39 is 0 Å². The van der Waals surface area contributed by atoms with Crippen molar-refractivity contribution >= 4 is 27.7 Å². The fraction of sp³-hybridized carbons (Fsp3) is 0.172. The molecule has 0 bridgehead atoms. The quantitative estimate of drug-likeness (QED) is 0.322. The molecule has 0 fully saturated rings. The van der Waals surface area contributed by atoms with Gasteiger partial charge in [0.25, 0.3) is 0 Å². The number of imidazole rings is 1. The van der Waals surface area contributed by atoms with E-state index in [0.717, 1.165) is 45.4 Å². The highest BCUT2D eigenvalue weighted by molar-refractivity contribution is 5.88. The smallest absolute Gasteiger partial charge is 0.220 e. The van der Waals surface area contributed by atoms with E-state index >= 15 is 0 Å². The maximum Gasteiger partial charge on any atom is 0.220 e. The molecule has 0 radical (unpaired) electrons. The molecule has 0 atom stereocenters. The van der Waals surface area contributed by atoms with Crippen molar-refractivity contribution in [3.63, 3.8) is 0 Å². The number of para-hydroxylation sites is 2. The summed E-state index contributed by atoms with van der Waals surface area (Å²) in [4.78, 5) is 17.2. The predicted molar refractivity (Wildman–Crippen MR) is 136 cm³/mol. The summed E-state index contributed by atoms with van der Waals surface area (Å²) in [6.45, 7) is 1.53. The number of rotatable bonds is 9. The number of amides is 1. The molecule has 4 aromatic carbocycles. The van der Waals surface area contributed by atoms with Gasteiger partial charge < -0.3 is 14.6 Å². The molecular weight excluding hydrogens is 422 g/mol. The molecule has 1 amide bonds. The van der Waals surface area contributed by atoms with Crippen LogP contribution in [0.3, 0.4) is 0 Å². The Bertz CT molecular complexity index is 1400. The number of fused-ring (bicyclic) bond motifs is 2. The highest BCUT2D eigenvalue weighted by Gasteiger charge is 2.12. The molecular formula is C29H27N3O2. The molecule has 0 spiro atoms. The molecule has 1 N–H and O–H groups in total. The second-order valence-electron chi connectivity index (χ2n) is 8.26. The normalized spacial score (nSPS) is 11.1. The zero-order valence-corrected chi connectivity index (χ0v) is 19.0. The van der Waals surface area contributed by atoms with Crippen LogP contribution < -0.4 is 10.1 Å². The van der Waals surface area contributed by atoms with Crippen LogP contribution in [-0.2, 0) is 24.3 Å². The fourth-order valence-electron chi connectivity index (χ4n) is 4.25. The molecule has 34 heavy (non-hydrogen) atoms. The standard InChI is InChI=1S/C29H27N3O2/c33-29(18-17-22-9-2-1-3-10-22)30-21-28-31-25-14-6-7-15-26(25)32(28)19-20-34-27-16-8-12-23-11-4-5-13-24(23)27/h1-16H,17-21H2,(H,30,33). The van der Waals surface area contributed by atoms with Gasteiger partial charge in [0, 0.05) is 11.8 Å². The molecule has 0 aliphatic heterocycles. The maximum atomic E-state index is 12.5. The number of carbonyl (C=O) groups excluding carboxylic acids is 1. The first-order valence-electron chi connectivity index (χ1n) is 11.6. The van der Waals surface area contributed by atoms with Gasteiger partial charge >= 0.3 is 0 Å². The number of ether oxygens (including phenoxy) is 1. The topological polar surface area (TPSA) is 56.2 Å². The Morgan fingerprint density at radius 1 is 0.853 bits per heavy atom. The highest BCUT2D eigenvalue weighted by atomic mass is 16.5. The van der Waals surface area contributed by atoms with Crippen LogP contribution in [0.4, 0.5) is 0 Å². The van der Waals surface area contributed by atoms with Crippen molar-refractivity contribution in [3.8, 4) is 5.75 Å². The SMILES string of the molecule is O=C(CCc1ccccc1)NCc1nc2ccccc2n1CCOc1cccc2ccccc12. The molecule has 0 saturated carbocycles. The Hall–Kier alpha value is -4.12. The van der Waals surface area contributed by atoms with Crippen LogP contribution >= 0.6 is 0 Å². The second-order valence-corrected chi connectivity index (χ2v) is 8.26. The monoisotopic (exact) mass is 449 g/mol. The third kappa shape index (κ3) is 4.94. The molecule has 0 aliphatic carbocycles. The maximum absolute atomic E-state index is 12.5. The van der Waals surface area contributed by atoms with Gasteiger partial charge in [0.05, 0.1) is 24.1 Å². The molecule has 170 valence electrons. The number of aromatic nitrogens is 2. The van der Waals surface area contributed by atoms with E-state index in [1.807, 2.05) is 72.8 Å². The minimum absolute atomic E-state index is 0.0227. The van der Waals surface area contributed by atoms with Crippen LogP contribution in [0.1, 0.15) is 17.8 Å². The van der Waals surface area contributed by atoms with Gasteiger partial charge in [0.1, 0.15) is 18.2 Å². The van der Waals surface area contributed by atoms with Crippen LogP contribution in [0.5, 0.6) is 5.75 Å². The van der Waals surface area contributed by atoms with Gasteiger partial charge in [-0.25, -0.2) is 4.98 Å². The average Bonchev–Trinajstić information content (AvgIpc) is 3.24. The van der Waals surface area contributed by atoms with E-state index in [0.29, 0.717) is 26.1 Å². The molecule has 1 aromatic heterocycles. The van der Waals surface area contributed by atoms with Crippen molar-refractivity contribution in [2.24, 2.45) is 0 Å². The van der Waals surface area contributed by atoms with Crippen LogP contribution in [0.2, 0.25) is 0 Å². The summed E-state index contributed by atoms with van der Waals surface area (Å²) >= 11 is 0. The summed E-state index contributed by atoms with van der Waals surface area (Å²) in [5.41, 5.74) is 3.12. The Morgan fingerprint density at radius 2 is 1.62 bits per heavy atom. The number of benzene rings is 4. The average molecular weight is 450 g/mol. The second kappa shape index (κ2) is 10.2. The first-order valence-corrected chi connectivity index (χ1v) is 11.6. The molecule has 0 unspecified atom stereocenters. The molecule has 0 saturated heterocycles. The minimum atomic E-state index is 0.0227. The molecule has 0 aliphatic rings. The first kappa shape index (κ1) is 21.7. The highest BCUT2D eigenvalue weighted by Crippen LogP contribution is 2.25. The largest absolute Gasteiger partial charge is 0.491 e. The Balaban J connectivity index is 1.26. The Labute approximate surface area is 199 Å². The van der Waals surface area contributed by atoms with Crippen LogP contribution in [-0.4, -0.2) is 22.1 Å². The first-order chi connectivity index (χ1) is 16.8. The number of nitrogens with one attached hydrogen (secondary N) is 1. The molecule has 5 heteroatoms. The molecule has 5 rings (SSSR count). The third-order valence-electron chi connectivity index (χ3n) is 5.98. The van der Waals surface area contributed by atoms with Crippen molar-refractivity contribution in [3.05, 3.63) is 108 Å². The van der Waals surface area contributed by atoms with Crippen LogP contribution in [0.25, 0.3) is 21.8 Å². The van der Waals surface area contributed by atoms with Crippen molar-refractivity contribution in [2.45, 2.75) is 25.9 Å². The van der Waals surface area contributed by atoms with Crippen molar-refractivity contribution in [1.82, 2.24) is 14.9 Å². The van der Waals surface area contributed by atoms with Gasteiger partial charge in [-0.3, -0.25) is 4.79 Å². The van der Waals surface area contributed by atoms with Gasteiger partial charge in [-0.1, -0.05) is 78.9 Å². The summed E-state index contributed by atoms with van der Waals surface area (Å²) < 4.78 is 8.31. The lowest BCUT2D eigenvalue weighted by molar-refractivity contribution is -0.121. The van der Waals surface area contributed by atoms with Crippen molar-refractivity contribution < 1.29 is 9.53 Å². The Kier molecular flexibility index (Phi) is 6.52. The van der Waals surface area contributed by atoms with E-state index in [-0.39, 0.29) is 5.91 Å². The summed E-state index contributed by atoms with van der Waals surface area (Å²) in [5, 5.41) is 5.30. The third-order valence-corrected chi connectivity index (χ3v) is 5.98. The Morgan fingerprint density at radius 3 is 2.53 bits per heavy atom. The van der Waals surface area contributed by atoms with Gasteiger partial charge in [0.15, 0.2) is 0 Å². The number of nitrogens with zero attached hydrogens (tertiary/aromatic N) is 2. The molecule has 5 aromatic rings. The zero-order valence-electron chi connectivity index (χ0n) is 19.0. The molecule has 1 heterocycles. The zero-order chi connectivity index (χ0) is 23.2. The van der Waals surface area contributed by atoms with Crippen molar-refractivity contribution in [1.29, 1.82) is 0 Å². The van der Waals surface area contributed by atoms with Crippen LogP contribution in [0.15, 0.2) is 97.1 Å². The van der Waals surface area contributed by atoms with E-state index in [9.17, 15) is 4.79 Å². The lowest BCUT2D eigenvalue weighted by atomic mass is 10.1. The lowest BCUT2D eigenvalue weighted by Crippen LogP contribution is -2.25. The summed E-state index contributed by atoms with van der Waals surface area (Å²) in [5.74, 6) is 1.73. The predicted octanol–water partition coefficient (Wildman–Crippen LogP) is 5.52. The van der Waals surface area contributed by atoms with Gasteiger partial charge in [-0.2, -0.15) is 0 Å².